The molecule has 0 aliphatic rings. The van der Waals surface area contributed by atoms with Crippen LogP contribution in [0.5, 0.6) is 0 Å². The summed E-state index contributed by atoms with van der Waals surface area (Å²) in [6.07, 6.45) is 1.33. The van der Waals surface area contributed by atoms with Crippen molar-refractivity contribution in [3.05, 3.63) is 34.1 Å². The zero-order valence-corrected chi connectivity index (χ0v) is 7.12. The highest BCUT2D eigenvalue weighted by molar-refractivity contribution is 6.35. The molecule has 0 saturated heterocycles. The van der Waals surface area contributed by atoms with Gasteiger partial charge in [0.25, 0.3) is 0 Å². The molecule has 0 unspecified atom stereocenters. The van der Waals surface area contributed by atoms with E-state index in [0.29, 0.717) is 6.29 Å². The molecular formula is C8H5ClFNO2. The van der Waals surface area contributed by atoms with Crippen LogP contribution in [0.2, 0.25) is 5.02 Å². The standard InChI is InChI=1S/C8H5ClFNO2/c9-8-5(4-12)1-2-7(10)6(8)3-11-13/h1-4,13H/b11-3+. The summed E-state index contributed by atoms with van der Waals surface area (Å²) in [7, 11) is 0. The Morgan fingerprint density at radius 1 is 1.54 bits per heavy atom. The van der Waals surface area contributed by atoms with E-state index in [1.54, 1.807) is 0 Å². The summed E-state index contributed by atoms with van der Waals surface area (Å²) >= 11 is 5.62. The molecule has 3 nitrogen and oxygen atoms in total. The van der Waals surface area contributed by atoms with E-state index in [0.717, 1.165) is 12.3 Å². The summed E-state index contributed by atoms with van der Waals surface area (Å²) in [5.74, 6) is -0.645. The molecule has 0 aromatic heterocycles. The summed E-state index contributed by atoms with van der Waals surface area (Å²) in [4.78, 5) is 10.4. The van der Waals surface area contributed by atoms with E-state index < -0.39 is 5.82 Å². The third kappa shape index (κ3) is 1.84. The van der Waals surface area contributed by atoms with Gasteiger partial charge >= 0.3 is 0 Å². The zero-order chi connectivity index (χ0) is 9.84. The average molecular weight is 202 g/mol. The molecule has 0 heterocycles. The van der Waals surface area contributed by atoms with Gasteiger partial charge in [-0.25, -0.2) is 4.39 Å². The SMILES string of the molecule is O=Cc1ccc(F)c(/C=N/O)c1Cl. The number of aldehydes is 1. The van der Waals surface area contributed by atoms with Crippen LogP contribution in [0.4, 0.5) is 4.39 Å². The molecular weight excluding hydrogens is 197 g/mol. The van der Waals surface area contributed by atoms with Gasteiger partial charge in [-0.15, -0.1) is 0 Å². The summed E-state index contributed by atoms with van der Waals surface area (Å²) in [5, 5.41) is 10.8. The maximum absolute atomic E-state index is 13.0. The van der Waals surface area contributed by atoms with Crippen molar-refractivity contribution in [1.29, 1.82) is 0 Å². The summed E-state index contributed by atoms with van der Waals surface area (Å²) in [5.41, 5.74) is 0.0479. The molecule has 1 aromatic carbocycles. The Kier molecular flexibility index (Phi) is 2.97. The second kappa shape index (κ2) is 4.00. The molecule has 0 atom stereocenters. The minimum atomic E-state index is -0.645. The van der Waals surface area contributed by atoms with E-state index in [2.05, 4.69) is 5.16 Å². The molecule has 0 radical (unpaired) electrons. The number of nitrogens with zero attached hydrogens (tertiary/aromatic N) is 1. The van der Waals surface area contributed by atoms with Gasteiger partial charge in [-0.05, 0) is 12.1 Å². The van der Waals surface area contributed by atoms with E-state index in [4.69, 9.17) is 16.8 Å². The molecule has 0 saturated carbocycles. The minimum Gasteiger partial charge on any atom is -0.411 e. The highest BCUT2D eigenvalue weighted by Crippen LogP contribution is 2.21. The first kappa shape index (κ1) is 9.67. The molecule has 1 rings (SSSR count). The van der Waals surface area contributed by atoms with Crippen LogP contribution < -0.4 is 0 Å². The summed E-state index contributed by atoms with van der Waals surface area (Å²) in [6, 6.07) is 2.33. The Balaban J connectivity index is 3.37. The molecule has 0 aliphatic heterocycles. The number of oxime groups is 1. The maximum atomic E-state index is 13.0. The van der Waals surface area contributed by atoms with Gasteiger partial charge in [0.1, 0.15) is 5.82 Å². The van der Waals surface area contributed by atoms with Gasteiger partial charge in [-0.3, -0.25) is 4.79 Å². The average Bonchev–Trinajstić information content (AvgIpc) is 2.12. The normalized spacial score (nSPS) is 10.6. The number of carbonyl (C=O) groups excluding carboxylic acids is 1. The van der Waals surface area contributed by atoms with E-state index in [1.807, 2.05) is 0 Å². The molecule has 5 heteroatoms. The Morgan fingerprint density at radius 2 is 2.23 bits per heavy atom. The monoisotopic (exact) mass is 201 g/mol. The largest absolute Gasteiger partial charge is 0.411 e. The van der Waals surface area contributed by atoms with Crippen molar-refractivity contribution in [3.63, 3.8) is 0 Å². The van der Waals surface area contributed by atoms with Crippen molar-refractivity contribution >= 4 is 24.1 Å². The Bertz CT molecular complexity index is 365. The van der Waals surface area contributed by atoms with Crippen molar-refractivity contribution in [2.24, 2.45) is 5.16 Å². The second-order valence-electron chi connectivity index (χ2n) is 2.23. The van der Waals surface area contributed by atoms with Crippen molar-refractivity contribution in [2.75, 3.05) is 0 Å². The quantitative estimate of drug-likeness (QED) is 0.345. The molecule has 13 heavy (non-hydrogen) atoms. The van der Waals surface area contributed by atoms with E-state index in [9.17, 15) is 9.18 Å². The number of hydrogen-bond acceptors (Lipinski definition) is 3. The Labute approximate surface area is 78.4 Å². The lowest BCUT2D eigenvalue weighted by atomic mass is 10.1. The lowest BCUT2D eigenvalue weighted by Gasteiger charge is -2.00. The fourth-order valence-corrected chi connectivity index (χ4v) is 1.10. The minimum absolute atomic E-state index is 0.0622. The molecule has 0 amide bonds. The lowest BCUT2D eigenvalue weighted by Crippen LogP contribution is -1.94. The van der Waals surface area contributed by atoms with E-state index in [-0.39, 0.29) is 16.1 Å². The fourth-order valence-electron chi connectivity index (χ4n) is 0.853. The molecule has 1 N–H and O–H groups in total. The molecule has 0 bridgehead atoms. The predicted molar refractivity (Wildman–Crippen MR) is 46.2 cm³/mol. The van der Waals surface area contributed by atoms with Crippen molar-refractivity contribution in [3.8, 4) is 0 Å². The van der Waals surface area contributed by atoms with E-state index >= 15 is 0 Å². The Morgan fingerprint density at radius 3 is 2.77 bits per heavy atom. The topological polar surface area (TPSA) is 49.7 Å². The van der Waals surface area contributed by atoms with Gasteiger partial charge in [0.2, 0.25) is 0 Å². The van der Waals surface area contributed by atoms with Crippen molar-refractivity contribution in [1.82, 2.24) is 0 Å². The fraction of sp³-hybridized carbons (Fsp3) is 0. The summed E-state index contributed by atoms with van der Waals surface area (Å²) in [6.45, 7) is 0. The summed E-state index contributed by atoms with van der Waals surface area (Å²) < 4.78 is 13.0. The molecule has 0 fully saturated rings. The van der Waals surface area contributed by atoms with Gasteiger partial charge in [0.05, 0.1) is 16.8 Å². The van der Waals surface area contributed by atoms with Crippen LogP contribution in [0.25, 0.3) is 0 Å². The molecule has 0 spiro atoms. The van der Waals surface area contributed by atoms with Crippen LogP contribution in [0.1, 0.15) is 15.9 Å². The van der Waals surface area contributed by atoms with Crippen LogP contribution in [-0.2, 0) is 0 Å². The number of carbonyl (C=O) groups is 1. The number of hydrogen-bond donors (Lipinski definition) is 1. The van der Waals surface area contributed by atoms with Crippen LogP contribution in [0.15, 0.2) is 17.3 Å². The zero-order valence-electron chi connectivity index (χ0n) is 6.37. The Hall–Kier alpha value is -1.42. The third-order valence-corrected chi connectivity index (χ3v) is 1.89. The van der Waals surface area contributed by atoms with Gasteiger partial charge < -0.3 is 5.21 Å². The number of halogens is 2. The predicted octanol–water partition coefficient (Wildman–Crippen LogP) is 2.10. The highest BCUT2D eigenvalue weighted by Gasteiger charge is 2.09. The second-order valence-corrected chi connectivity index (χ2v) is 2.60. The van der Waals surface area contributed by atoms with Gasteiger partial charge in [0, 0.05) is 5.56 Å². The highest BCUT2D eigenvalue weighted by atomic mass is 35.5. The smallest absolute Gasteiger partial charge is 0.151 e. The number of benzene rings is 1. The van der Waals surface area contributed by atoms with Crippen LogP contribution in [0.3, 0.4) is 0 Å². The lowest BCUT2D eigenvalue weighted by molar-refractivity contribution is 0.112. The first-order valence-electron chi connectivity index (χ1n) is 3.31. The van der Waals surface area contributed by atoms with E-state index in [1.165, 1.54) is 6.07 Å². The van der Waals surface area contributed by atoms with Crippen molar-refractivity contribution in [2.45, 2.75) is 0 Å². The maximum Gasteiger partial charge on any atom is 0.151 e. The molecule has 0 aliphatic carbocycles. The van der Waals surface area contributed by atoms with Gasteiger partial charge in [-0.2, -0.15) is 0 Å². The van der Waals surface area contributed by atoms with Crippen LogP contribution in [-0.4, -0.2) is 17.7 Å². The molecule has 1 aromatic rings. The van der Waals surface area contributed by atoms with Crippen molar-refractivity contribution < 1.29 is 14.4 Å². The first-order valence-corrected chi connectivity index (χ1v) is 3.69. The first-order chi connectivity index (χ1) is 6.20. The van der Waals surface area contributed by atoms with Gasteiger partial charge in [-0.1, -0.05) is 16.8 Å². The van der Waals surface area contributed by atoms with Gasteiger partial charge in [0.15, 0.2) is 6.29 Å². The van der Waals surface area contributed by atoms with Crippen LogP contribution >= 0.6 is 11.6 Å². The van der Waals surface area contributed by atoms with Crippen LogP contribution in [0, 0.1) is 5.82 Å². The molecule has 68 valence electrons. The number of rotatable bonds is 2. The third-order valence-electron chi connectivity index (χ3n) is 1.47.